The second-order valence-corrected chi connectivity index (χ2v) is 12.9. The maximum Gasteiger partial charge on any atom is 0.246 e. The molecule has 2 N–H and O–H groups in total. The van der Waals surface area contributed by atoms with Crippen LogP contribution in [0, 0.1) is 24.2 Å². The second kappa shape index (κ2) is 12.1. The second-order valence-electron chi connectivity index (χ2n) is 12.9. The Morgan fingerprint density at radius 3 is 2.90 bits per heavy atom. The molecule has 4 heterocycles. The lowest BCUT2D eigenvalue weighted by atomic mass is 9.69. The number of hydrogen-bond donors (Lipinski definition) is 2. The number of nitrogens with zero attached hydrogens (tertiary/aromatic N) is 4. The third kappa shape index (κ3) is 5.96. The van der Waals surface area contributed by atoms with Crippen LogP contribution in [0.1, 0.15) is 55.2 Å². The van der Waals surface area contributed by atoms with Crippen molar-refractivity contribution in [3.05, 3.63) is 47.5 Å². The van der Waals surface area contributed by atoms with Gasteiger partial charge < -0.3 is 19.3 Å². The van der Waals surface area contributed by atoms with Crippen molar-refractivity contribution in [3.8, 4) is 6.07 Å². The van der Waals surface area contributed by atoms with E-state index < -0.39 is 0 Å². The van der Waals surface area contributed by atoms with Crippen molar-refractivity contribution in [1.29, 1.82) is 5.26 Å². The van der Waals surface area contributed by atoms with Gasteiger partial charge in [0.05, 0.1) is 43.5 Å². The smallest absolute Gasteiger partial charge is 0.246 e. The normalized spacial score (nSPS) is 36.0. The lowest BCUT2D eigenvalue weighted by Gasteiger charge is -2.56. The van der Waals surface area contributed by atoms with Gasteiger partial charge in [0.25, 0.3) is 0 Å². The summed E-state index contributed by atoms with van der Waals surface area (Å²) in [5, 5.41) is 17.2. The van der Waals surface area contributed by atoms with Crippen LogP contribution in [0.25, 0.3) is 0 Å². The minimum Gasteiger partial charge on any atom is -0.370 e. The predicted octanol–water partition coefficient (Wildman–Crippen LogP) is 2.50. The molecule has 7 atom stereocenters. The van der Waals surface area contributed by atoms with Gasteiger partial charge in [0.1, 0.15) is 0 Å². The number of hydrogen-bond acceptors (Lipinski definition) is 8. The first kappa shape index (κ1) is 28.8. The molecule has 1 saturated carbocycles. The summed E-state index contributed by atoms with van der Waals surface area (Å²) in [6.45, 7) is 10.4. The molecule has 6 unspecified atom stereocenters. The average Bonchev–Trinajstić information content (AvgIpc) is 3.39. The van der Waals surface area contributed by atoms with E-state index in [0.717, 1.165) is 38.8 Å². The highest BCUT2D eigenvalue weighted by molar-refractivity contribution is 5.87. The third-order valence-corrected chi connectivity index (χ3v) is 10.4. The fourth-order valence-corrected chi connectivity index (χ4v) is 8.04. The van der Waals surface area contributed by atoms with Crippen molar-refractivity contribution in [2.45, 2.75) is 94.7 Å². The minimum absolute atomic E-state index is 0.0903. The van der Waals surface area contributed by atoms with Gasteiger partial charge in [-0.1, -0.05) is 30.3 Å². The molecular formula is C32H46N6O3. The number of nitrogens with one attached hydrogen (secondary N) is 2. The van der Waals surface area contributed by atoms with E-state index in [0.29, 0.717) is 44.7 Å². The number of likely N-dealkylation sites (tertiary alicyclic amines) is 1. The fourth-order valence-electron chi connectivity index (χ4n) is 8.04. The highest BCUT2D eigenvalue weighted by Crippen LogP contribution is 2.44. The number of likely N-dealkylation sites (N-methyl/N-ethyl adjacent to an activating group) is 1. The van der Waals surface area contributed by atoms with Crippen LogP contribution in [0.4, 0.5) is 0 Å². The van der Waals surface area contributed by atoms with E-state index in [2.05, 4.69) is 65.3 Å². The van der Waals surface area contributed by atoms with Crippen LogP contribution in [0.3, 0.4) is 0 Å². The maximum atomic E-state index is 12.5. The molecule has 9 heteroatoms. The highest BCUT2D eigenvalue weighted by Gasteiger charge is 2.50. The Morgan fingerprint density at radius 2 is 2.12 bits per heavy atom. The van der Waals surface area contributed by atoms with Crippen molar-refractivity contribution < 1.29 is 14.3 Å². The summed E-state index contributed by atoms with van der Waals surface area (Å²) >= 11 is 0. The molecular weight excluding hydrogens is 516 g/mol. The molecule has 1 aliphatic carbocycles. The van der Waals surface area contributed by atoms with Gasteiger partial charge in [-0.05, 0) is 69.8 Å². The molecule has 41 heavy (non-hydrogen) atoms. The van der Waals surface area contributed by atoms with Crippen molar-refractivity contribution in [3.63, 3.8) is 0 Å². The number of carbonyl (C=O) groups is 1. The first-order valence-electron chi connectivity index (χ1n) is 15.5. The van der Waals surface area contributed by atoms with Crippen molar-refractivity contribution in [2.75, 3.05) is 39.8 Å². The monoisotopic (exact) mass is 562 g/mol. The summed E-state index contributed by atoms with van der Waals surface area (Å²) < 4.78 is 13.2. The first-order chi connectivity index (χ1) is 19.9. The summed E-state index contributed by atoms with van der Waals surface area (Å²) in [6, 6.07) is 9.60. The Kier molecular flexibility index (Phi) is 8.51. The fraction of sp³-hybridized carbons (Fsp3) is 0.688. The molecule has 0 bridgehead atoms. The highest BCUT2D eigenvalue weighted by atomic mass is 16.5. The topological polar surface area (TPSA) is 93.1 Å². The Bertz CT molecular complexity index is 1170. The number of amides is 1. The number of ether oxygens (including phenoxy) is 2. The summed E-state index contributed by atoms with van der Waals surface area (Å²) in [5.41, 5.74) is 3.89. The summed E-state index contributed by atoms with van der Waals surface area (Å²) in [4.78, 5) is 19.2. The Hall–Kier alpha value is -2.32. The lowest BCUT2D eigenvalue weighted by molar-refractivity contribution is -0.153. The molecule has 1 amide bonds. The van der Waals surface area contributed by atoms with Gasteiger partial charge in [-0.15, -0.1) is 0 Å². The van der Waals surface area contributed by atoms with Crippen LogP contribution in [-0.2, 0) is 27.3 Å². The van der Waals surface area contributed by atoms with Crippen LogP contribution in [0.5, 0.6) is 0 Å². The van der Waals surface area contributed by atoms with Crippen LogP contribution in [0.2, 0.25) is 0 Å². The van der Waals surface area contributed by atoms with Crippen molar-refractivity contribution in [2.24, 2.45) is 5.92 Å². The van der Waals surface area contributed by atoms with Crippen LogP contribution < -0.4 is 10.6 Å². The van der Waals surface area contributed by atoms with Gasteiger partial charge in [0.15, 0.2) is 6.35 Å². The molecule has 4 fully saturated rings. The van der Waals surface area contributed by atoms with Gasteiger partial charge in [0.2, 0.25) is 5.91 Å². The molecule has 4 aliphatic heterocycles. The summed E-state index contributed by atoms with van der Waals surface area (Å²) in [5.74, 6) is 0.286. The Morgan fingerprint density at radius 1 is 1.24 bits per heavy atom. The van der Waals surface area contributed by atoms with E-state index in [1.807, 2.05) is 4.90 Å². The predicted molar refractivity (Wildman–Crippen MR) is 156 cm³/mol. The van der Waals surface area contributed by atoms with E-state index in [1.54, 1.807) is 0 Å². The van der Waals surface area contributed by atoms with E-state index in [4.69, 9.17) is 9.47 Å². The SMILES string of the molecule is C=CC(=O)N1CCN(C2NC(OCC3CCCN3C)NC3C[C@]4(CCC32)Cc2cc(C)ccc2CO4)CC1CC#N. The molecule has 1 aromatic carbocycles. The number of fused-ring (bicyclic) bond motifs is 2. The van der Waals surface area contributed by atoms with E-state index in [-0.39, 0.29) is 36.1 Å². The van der Waals surface area contributed by atoms with E-state index in [1.165, 1.54) is 35.6 Å². The molecule has 0 radical (unpaired) electrons. The number of rotatable bonds is 6. The zero-order valence-corrected chi connectivity index (χ0v) is 24.7. The number of carbonyl (C=O) groups excluding carboxylic acids is 1. The average molecular weight is 563 g/mol. The lowest BCUT2D eigenvalue weighted by Crippen LogP contribution is -2.73. The third-order valence-electron chi connectivity index (χ3n) is 10.4. The standard InChI is InChI=1S/C32H46N6O3/c1-4-29(39)38-15-14-37(19-25(38)10-12-33)30-27-9-11-32(17-24-16-22(2)7-8-23(24)20-41-32)18-28(27)34-31(35-30)40-21-26-6-5-13-36(26)3/h4,7-8,16,25-28,30-31,34-35H,1,5-6,9-11,13-15,17-21H2,2-3H3/t25?,26?,27?,28?,30?,31?,32-/m0/s1. The van der Waals surface area contributed by atoms with Crippen molar-refractivity contribution in [1.82, 2.24) is 25.3 Å². The summed E-state index contributed by atoms with van der Waals surface area (Å²) in [7, 11) is 2.19. The molecule has 9 nitrogen and oxygen atoms in total. The molecule has 1 aromatic rings. The molecule has 3 saturated heterocycles. The first-order valence-corrected chi connectivity index (χ1v) is 15.5. The van der Waals surface area contributed by atoms with Gasteiger partial charge >= 0.3 is 0 Å². The van der Waals surface area contributed by atoms with Crippen LogP contribution in [0.15, 0.2) is 30.9 Å². The van der Waals surface area contributed by atoms with Crippen molar-refractivity contribution >= 4 is 5.91 Å². The number of benzene rings is 1. The van der Waals surface area contributed by atoms with Crippen LogP contribution in [-0.4, -0.2) is 96.7 Å². The van der Waals surface area contributed by atoms with Gasteiger partial charge in [-0.3, -0.25) is 20.3 Å². The number of aryl methyl sites for hydroxylation is 1. The minimum atomic E-state index is -0.259. The molecule has 5 aliphatic rings. The molecule has 1 spiro atoms. The van der Waals surface area contributed by atoms with E-state index >= 15 is 0 Å². The number of piperazine rings is 1. The van der Waals surface area contributed by atoms with Gasteiger partial charge in [0, 0.05) is 44.1 Å². The largest absolute Gasteiger partial charge is 0.370 e. The quantitative estimate of drug-likeness (QED) is 0.511. The zero-order chi connectivity index (χ0) is 28.6. The maximum absolute atomic E-state index is 12.5. The molecule has 0 aromatic heterocycles. The van der Waals surface area contributed by atoms with Gasteiger partial charge in [-0.2, -0.15) is 5.26 Å². The Labute approximate surface area is 244 Å². The summed E-state index contributed by atoms with van der Waals surface area (Å²) in [6.07, 6.45) is 7.89. The van der Waals surface area contributed by atoms with Gasteiger partial charge in [-0.25, -0.2) is 0 Å². The van der Waals surface area contributed by atoms with E-state index in [9.17, 15) is 10.1 Å². The zero-order valence-electron chi connectivity index (χ0n) is 24.7. The van der Waals surface area contributed by atoms with Crippen LogP contribution >= 0.6 is 0 Å². The Balaban J connectivity index is 1.21. The number of nitriles is 1. The molecule has 6 rings (SSSR count). The molecule has 222 valence electrons.